The van der Waals surface area contributed by atoms with Crippen molar-refractivity contribution >= 4 is 18.1 Å². The highest BCUT2D eigenvalue weighted by Crippen LogP contribution is 2.19. The van der Waals surface area contributed by atoms with E-state index in [9.17, 15) is 9.59 Å². The van der Waals surface area contributed by atoms with Gasteiger partial charge in [-0.1, -0.05) is 26.0 Å². The Hall–Kier alpha value is -1.70. The van der Waals surface area contributed by atoms with Crippen LogP contribution >= 0.6 is 0 Å². The summed E-state index contributed by atoms with van der Waals surface area (Å²) >= 11 is 0. The Morgan fingerprint density at radius 3 is 2.44 bits per heavy atom. The molecule has 0 heterocycles. The third kappa shape index (κ3) is 3.16. The fourth-order valence-electron chi connectivity index (χ4n) is 1.46. The van der Waals surface area contributed by atoms with Crippen molar-refractivity contribution in [3.8, 4) is 0 Å². The number of rotatable bonds is 4. The van der Waals surface area contributed by atoms with E-state index >= 15 is 0 Å². The van der Waals surface area contributed by atoms with Crippen LogP contribution in [0.1, 0.15) is 48.2 Å². The second kappa shape index (κ2) is 5.40. The summed E-state index contributed by atoms with van der Waals surface area (Å²) in [4.78, 5) is 21.6. The molecule has 0 aliphatic rings. The normalized spacial score (nSPS) is 11.0. The molecule has 0 unspecified atom stereocenters. The zero-order valence-electron chi connectivity index (χ0n) is 9.86. The summed E-state index contributed by atoms with van der Waals surface area (Å²) in [5.41, 5.74) is 2.69. The van der Waals surface area contributed by atoms with Gasteiger partial charge in [0, 0.05) is 5.56 Å². The molecule has 1 rings (SSSR count). The lowest BCUT2D eigenvalue weighted by molar-refractivity contribution is -0.104. The standard InChI is InChI=1S/C14H16O2/c1-10(2)13-7-12(5-4-6-15)8-14(9-13)11(3)16/h4-10H,1-3H3/b5-4+. The number of aldehydes is 1. The van der Waals surface area contributed by atoms with Gasteiger partial charge in [0.2, 0.25) is 0 Å². The Kier molecular flexibility index (Phi) is 4.18. The molecular formula is C14H16O2. The lowest BCUT2D eigenvalue weighted by Crippen LogP contribution is -1.97. The Balaban J connectivity index is 3.23. The van der Waals surface area contributed by atoms with Gasteiger partial charge < -0.3 is 0 Å². The molecule has 0 fully saturated rings. The highest BCUT2D eigenvalue weighted by atomic mass is 16.1. The van der Waals surface area contributed by atoms with Gasteiger partial charge in [-0.25, -0.2) is 0 Å². The van der Waals surface area contributed by atoms with Gasteiger partial charge in [0.1, 0.15) is 6.29 Å². The molecule has 1 aromatic carbocycles. The molecule has 0 bridgehead atoms. The third-order valence-electron chi connectivity index (χ3n) is 2.42. The summed E-state index contributed by atoms with van der Waals surface area (Å²) in [6, 6.07) is 5.70. The van der Waals surface area contributed by atoms with E-state index in [1.165, 1.54) is 6.08 Å². The van der Waals surface area contributed by atoms with Crippen molar-refractivity contribution in [1.82, 2.24) is 0 Å². The highest BCUT2D eigenvalue weighted by Gasteiger charge is 2.06. The van der Waals surface area contributed by atoms with E-state index in [0.717, 1.165) is 17.4 Å². The van der Waals surface area contributed by atoms with Crippen LogP contribution < -0.4 is 0 Å². The Morgan fingerprint density at radius 1 is 1.25 bits per heavy atom. The molecule has 2 nitrogen and oxygen atoms in total. The molecule has 0 N–H and O–H groups in total. The third-order valence-corrected chi connectivity index (χ3v) is 2.42. The van der Waals surface area contributed by atoms with Crippen molar-refractivity contribution in [2.75, 3.05) is 0 Å². The smallest absolute Gasteiger partial charge is 0.159 e. The summed E-state index contributed by atoms with van der Waals surface area (Å²) in [6.07, 6.45) is 3.88. The minimum absolute atomic E-state index is 0.0447. The van der Waals surface area contributed by atoms with Crippen LogP contribution in [0.3, 0.4) is 0 Å². The molecule has 0 amide bonds. The van der Waals surface area contributed by atoms with Crippen molar-refractivity contribution in [2.24, 2.45) is 0 Å². The van der Waals surface area contributed by atoms with E-state index in [0.29, 0.717) is 11.5 Å². The lowest BCUT2D eigenvalue weighted by Gasteiger charge is -2.08. The summed E-state index contributed by atoms with van der Waals surface area (Å²) in [6.45, 7) is 5.70. The molecule has 84 valence electrons. The first-order valence-corrected chi connectivity index (χ1v) is 5.32. The van der Waals surface area contributed by atoms with E-state index in [1.54, 1.807) is 19.1 Å². The zero-order chi connectivity index (χ0) is 12.1. The van der Waals surface area contributed by atoms with Crippen LogP contribution in [-0.4, -0.2) is 12.1 Å². The minimum atomic E-state index is 0.0447. The van der Waals surface area contributed by atoms with Crippen LogP contribution in [0.5, 0.6) is 0 Å². The molecule has 16 heavy (non-hydrogen) atoms. The monoisotopic (exact) mass is 216 g/mol. The molecular weight excluding hydrogens is 200 g/mol. The maximum atomic E-state index is 11.4. The molecule has 2 heteroatoms. The Labute approximate surface area is 96.0 Å². The number of carbonyl (C=O) groups excluding carboxylic acids is 2. The van der Waals surface area contributed by atoms with E-state index in [-0.39, 0.29) is 5.78 Å². The fraction of sp³-hybridized carbons (Fsp3) is 0.286. The van der Waals surface area contributed by atoms with Gasteiger partial charge >= 0.3 is 0 Å². The first-order chi connectivity index (χ1) is 7.54. The Morgan fingerprint density at radius 2 is 1.94 bits per heavy atom. The molecule has 0 saturated carbocycles. The lowest BCUT2D eigenvalue weighted by atomic mass is 9.96. The maximum Gasteiger partial charge on any atom is 0.159 e. The molecule has 0 spiro atoms. The van der Waals surface area contributed by atoms with Crippen molar-refractivity contribution < 1.29 is 9.59 Å². The van der Waals surface area contributed by atoms with Gasteiger partial charge in [-0.2, -0.15) is 0 Å². The molecule has 0 atom stereocenters. The summed E-state index contributed by atoms with van der Waals surface area (Å²) in [7, 11) is 0. The van der Waals surface area contributed by atoms with Gasteiger partial charge in [-0.15, -0.1) is 0 Å². The highest BCUT2D eigenvalue weighted by molar-refractivity contribution is 5.95. The quantitative estimate of drug-likeness (QED) is 0.440. The average Bonchev–Trinajstić information content (AvgIpc) is 2.25. The average molecular weight is 216 g/mol. The molecule has 0 aromatic heterocycles. The largest absolute Gasteiger partial charge is 0.299 e. The van der Waals surface area contributed by atoms with Crippen LogP contribution in [0.15, 0.2) is 24.3 Å². The predicted octanol–water partition coefficient (Wildman–Crippen LogP) is 3.22. The first-order valence-electron chi connectivity index (χ1n) is 5.32. The second-order valence-corrected chi connectivity index (χ2v) is 4.09. The van der Waals surface area contributed by atoms with Crippen LogP contribution in [0.25, 0.3) is 6.08 Å². The number of Topliss-reactive ketones (excluding diaryl/α,β-unsaturated/α-hetero) is 1. The van der Waals surface area contributed by atoms with Gasteiger partial charge in [0.05, 0.1) is 0 Å². The van der Waals surface area contributed by atoms with Crippen molar-refractivity contribution in [2.45, 2.75) is 26.7 Å². The second-order valence-electron chi connectivity index (χ2n) is 4.09. The summed E-state index contributed by atoms with van der Waals surface area (Å²) in [5.74, 6) is 0.408. The Bertz CT molecular complexity index is 428. The fourth-order valence-corrected chi connectivity index (χ4v) is 1.46. The van der Waals surface area contributed by atoms with E-state index in [4.69, 9.17) is 0 Å². The van der Waals surface area contributed by atoms with Crippen LogP contribution in [-0.2, 0) is 4.79 Å². The topological polar surface area (TPSA) is 34.1 Å². The summed E-state index contributed by atoms with van der Waals surface area (Å²) < 4.78 is 0. The number of carbonyl (C=O) groups is 2. The minimum Gasteiger partial charge on any atom is -0.299 e. The van der Waals surface area contributed by atoms with Crippen molar-refractivity contribution in [3.63, 3.8) is 0 Å². The molecule has 0 aliphatic heterocycles. The van der Waals surface area contributed by atoms with Crippen LogP contribution in [0.2, 0.25) is 0 Å². The van der Waals surface area contributed by atoms with Crippen LogP contribution in [0.4, 0.5) is 0 Å². The number of benzene rings is 1. The number of hydrogen-bond donors (Lipinski definition) is 0. The van der Waals surface area contributed by atoms with Crippen molar-refractivity contribution in [3.05, 3.63) is 41.0 Å². The van der Waals surface area contributed by atoms with Gasteiger partial charge in [0.15, 0.2) is 5.78 Å². The summed E-state index contributed by atoms with van der Waals surface area (Å²) in [5, 5.41) is 0. The van der Waals surface area contributed by atoms with E-state index in [1.807, 2.05) is 12.1 Å². The van der Waals surface area contributed by atoms with E-state index in [2.05, 4.69) is 13.8 Å². The predicted molar refractivity (Wildman–Crippen MR) is 65.6 cm³/mol. The van der Waals surface area contributed by atoms with Crippen molar-refractivity contribution in [1.29, 1.82) is 0 Å². The SMILES string of the molecule is CC(=O)c1cc(/C=C/C=O)cc(C(C)C)c1. The number of ketones is 1. The maximum absolute atomic E-state index is 11.4. The number of hydrogen-bond acceptors (Lipinski definition) is 2. The van der Waals surface area contributed by atoms with Gasteiger partial charge in [0.25, 0.3) is 0 Å². The van der Waals surface area contributed by atoms with Gasteiger partial charge in [-0.05, 0) is 42.2 Å². The molecule has 1 aromatic rings. The molecule has 0 radical (unpaired) electrons. The van der Waals surface area contributed by atoms with Crippen LogP contribution in [0, 0.1) is 0 Å². The molecule has 0 saturated heterocycles. The molecule has 0 aliphatic carbocycles. The van der Waals surface area contributed by atoms with E-state index < -0.39 is 0 Å². The number of allylic oxidation sites excluding steroid dienone is 1. The first kappa shape index (κ1) is 12.4. The van der Waals surface area contributed by atoms with Gasteiger partial charge in [-0.3, -0.25) is 9.59 Å². The zero-order valence-corrected chi connectivity index (χ0v) is 9.86.